The quantitative estimate of drug-likeness (QED) is 0.871. The van der Waals surface area contributed by atoms with Gasteiger partial charge in [-0.15, -0.1) is 0 Å². The molecule has 4 heteroatoms. The number of aromatic nitrogens is 1. The predicted molar refractivity (Wildman–Crippen MR) is 87.9 cm³/mol. The number of nitrogens with one attached hydrogen (secondary N) is 1. The number of rotatable bonds is 5. The highest BCUT2D eigenvalue weighted by atomic mass is 79.9. The Morgan fingerprint density at radius 2 is 2.25 bits per heavy atom. The maximum Gasteiger partial charge on any atom is 0.0934 e. The predicted octanol–water partition coefficient (Wildman–Crippen LogP) is 3.93. The van der Waals surface area contributed by atoms with E-state index in [1.807, 2.05) is 6.20 Å². The summed E-state index contributed by atoms with van der Waals surface area (Å²) in [6.07, 6.45) is 5.45. The molecule has 1 saturated carbocycles. The Morgan fingerprint density at radius 1 is 1.45 bits per heavy atom. The van der Waals surface area contributed by atoms with Gasteiger partial charge in [0.05, 0.1) is 16.7 Å². The molecule has 0 bridgehead atoms. The zero-order chi connectivity index (χ0) is 14.2. The molecule has 3 N–H and O–H groups in total. The lowest BCUT2D eigenvalue weighted by atomic mass is 9.89. The number of hydrogen-bond acceptors (Lipinski definition) is 3. The minimum atomic E-state index is 0.0169. The van der Waals surface area contributed by atoms with Gasteiger partial charge in [-0.1, -0.05) is 19.1 Å². The third-order valence-corrected chi connectivity index (χ3v) is 4.85. The Kier molecular flexibility index (Phi) is 3.69. The Balaban J connectivity index is 2.01. The minimum absolute atomic E-state index is 0.0169. The zero-order valence-corrected chi connectivity index (χ0v) is 13.3. The van der Waals surface area contributed by atoms with Gasteiger partial charge in [-0.05, 0) is 53.2 Å². The van der Waals surface area contributed by atoms with E-state index in [4.69, 9.17) is 5.73 Å². The molecule has 1 aliphatic rings. The zero-order valence-electron chi connectivity index (χ0n) is 11.7. The van der Waals surface area contributed by atoms with E-state index in [1.54, 1.807) is 0 Å². The van der Waals surface area contributed by atoms with Gasteiger partial charge < -0.3 is 11.1 Å². The second-order valence-corrected chi connectivity index (χ2v) is 6.56. The number of halogens is 1. The van der Waals surface area contributed by atoms with Crippen molar-refractivity contribution in [2.24, 2.45) is 11.7 Å². The van der Waals surface area contributed by atoms with Gasteiger partial charge in [-0.2, -0.15) is 0 Å². The summed E-state index contributed by atoms with van der Waals surface area (Å²) < 4.78 is 1.00. The summed E-state index contributed by atoms with van der Waals surface area (Å²) in [5.41, 5.74) is 8.21. The molecule has 0 amide bonds. The monoisotopic (exact) mass is 333 g/mol. The Labute approximate surface area is 128 Å². The molecule has 0 saturated heterocycles. The number of pyridine rings is 1. The van der Waals surface area contributed by atoms with E-state index in [0.717, 1.165) is 27.5 Å². The molecule has 1 fully saturated rings. The first-order chi connectivity index (χ1) is 9.68. The van der Waals surface area contributed by atoms with E-state index >= 15 is 0 Å². The van der Waals surface area contributed by atoms with Gasteiger partial charge in [0.2, 0.25) is 0 Å². The highest BCUT2D eigenvalue weighted by Crippen LogP contribution is 2.43. The summed E-state index contributed by atoms with van der Waals surface area (Å²) in [6.45, 7) is 2.88. The minimum Gasteiger partial charge on any atom is -0.376 e. The number of fused-ring (bicyclic) bond motifs is 1. The number of para-hydroxylation sites is 1. The van der Waals surface area contributed by atoms with Gasteiger partial charge in [-0.25, -0.2) is 0 Å². The maximum absolute atomic E-state index is 6.08. The van der Waals surface area contributed by atoms with Gasteiger partial charge >= 0.3 is 0 Å². The topological polar surface area (TPSA) is 50.9 Å². The molecule has 1 aromatic heterocycles. The molecular weight excluding hydrogens is 314 g/mol. The van der Waals surface area contributed by atoms with Crippen molar-refractivity contribution in [1.29, 1.82) is 0 Å². The molecule has 3 nitrogen and oxygen atoms in total. The van der Waals surface area contributed by atoms with Crippen LogP contribution in [0, 0.1) is 5.92 Å². The molecule has 1 unspecified atom stereocenters. The fourth-order valence-corrected chi connectivity index (χ4v) is 3.33. The molecule has 2 aromatic rings. The Morgan fingerprint density at radius 3 is 2.90 bits per heavy atom. The van der Waals surface area contributed by atoms with Crippen molar-refractivity contribution in [2.45, 2.75) is 31.7 Å². The van der Waals surface area contributed by atoms with Crippen LogP contribution in [0.4, 0.5) is 5.69 Å². The highest BCUT2D eigenvalue weighted by Gasteiger charge is 2.43. The van der Waals surface area contributed by atoms with Crippen LogP contribution in [0.3, 0.4) is 0 Å². The van der Waals surface area contributed by atoms with Crippen LogP contribution in [0.1, 0.15) is 26.2 Å². The van der Waals surface area contributed by atoms with Crippen molar-refractivity contribution in [3.8, 4) is 0 Å². The smallest absolute Gasteiger partial charge is 0.0934 e. The SMILES string of the molecule is CCC(CN)(Nc1cccc2cc(Br)cnc12)C1CC1. The third kappa shape index (κ3) is 2.42. The van der Waals surface area contributed by atoms with Crippen molar-refractivity contribution in [3.63, 3.8) is 0 Å². The molecular formula is C16H20BrN3. The average Bonchev–Trinajstić information content (AvgIpc) is 3.29. The molecule has 0 aliphatic heterocycles. The first-order valence-electron chi connectivity index (χ1n) is 7.21. The van der Waals surface area contributed by atoms with E-state index in [0.29, 0.717) is 12.5 Å². The summed E-state index contributed by atoms with van der Waals surface area (Å²) in [5.74, 6) is 0.697. The fraction of sp³-hybridized carbons (Fsp3) is 0.438. The molecule has 0 spiro atoms. The van der Waals surface area contributed by atoms with Crippen molar-refractivity contribution in [2.75, 3.05) is 11.9 Å². The molecule has 1 aromatic carbocycles. The number of nitrogens with two attached hydrogens (primary N) is 1. The number of benzene rings is 1. The molecule has 20 heavy (non-hydrogen) atoms. The summed E-state index contributed by atoms with van der Waals surface area (Å²) in [7, 11) is 0. The summed E-state index contributed by atoms with van der Waals surface area (Å²) in [4.78, 5) is 4.56. The lowest BCUT2D eigenvalue weighted by molar-refractivity contribution is 0.405. The summed E-state index contributed by atoms with van der Waals surface area (Å²) >= 11 is 3.48. The van der Waals surface area contributed by atoms with Gasteiger partial charge in [0, 0.05) is 22.6 Å². The number of nitrogens with zero attached hydrogens (tertiary/aromatic N) is 1. The normalized spacial score (nSPS) is 17.9. The lowest BCUT2D eigenvalue weighted by Gasteiger charge is -2.34. The van der Waals surface area contributed by atoms with Crippen molar-refractivity contribution in [3.05, 3.63) is 34.9 Å². The van der Waals surface area contributed by atoms with Gasteiger partial charge in [-0.3, -0.25) is 4.98 Å². The van der Waals surface area contributed by atoms with E-state index in [2.05, 4.69) is 57.4 Å². The first kappa shape index (κ1) is 13.8. The van der Waals surface area contributed by atoms with Crippen molar-refractivity contribution in [1.82, 2.24) is 4.98 Å². The second kappa shape index (κ2) is 5.34. The fourth-order valence-electron chi connectivity index (χ4n) is 2.98. The van der Waals surface area contributed by atoms with Crippen LogP contribution < -0.4 is 11.1 Å². The molecule has 3 rings (SSSR count). The molecule has 106 valence electrons. The Bertz CT molecular complexity index is 618. The lowest BCUT2D eigenvalue weighted by Crippen LogP contribution is -2.47. The molecule has 0 radical (unpaired) electrons. The van der Waals surface area contributed by atoms with Crippen LogP contribution in [0.15, 0.2) is 34.9 Å². The van der Waals surface area contributed by atoms with Crippen LogP contribution in [-0.2, 0) is 0 Å². The van der Waals surface area contributed by atoms with E-state index in [-0.39, 0.29) is 5.54 Å². The number of hydrogen-bond donors (Lipinski definition) is 2. The van der Waals surface area contributed by atoms with Crippen LogP contribution in [0.5, 0.6) is 0 Å². The van der Waals surface area contributed by atoms with Crippen LogP contribution in [0.2, 0.25) is 0 Å². The van der Waals surface area contributed by atoms with E-state index in [1.165, 1.54) is 12.8 Å². The van der Waals surface area contributed by atoms with E-state index < -0.39 is 0 Å². The van der Waals surface area contributed by atoms with Crippen LogP contribution >= 0.6 is 15.9 Å². The maximum atomic E-state index is 6.08. The molecule has 1 atom stereocenters. The average molecular weight is 334 g/mol. The van der Waals surface area contributed by atoms with Gasteiger partial charge in [0.15, 0.2) is 0 Å². The van der Waals surface area contributed by atoms with Crippen molar-refractivity contribution < 1.29 is 0 Å². The van der Waals surface area contributed by atoms with Gasteiger partial charge in [0.1, 0.15) is 0 Å². The largest absolute Gasteiger partial charge is 0.376 e. The summed E-state index contributed by atoms with van der Waals surface area (Å²) in [6, 6.07) is 8.36. The second-order valence-electron chi connectivity index (χ2n) is 5.64. The van der Waals surface area contributed by atoms with Crippen LogP contribution in [0.25, 0.3) is 10.9 Å². The summed E-state index contributed by atoms with van der Waals surface area (Å²) in [5, 5.41) is 4.85. The Hall–Kier alpha value is -1.13. The first-order valence-corrected chi connectivity index (χ1v) is 8.00. The standard InChI is InChI=1S/C16H20BrN3/c1-2-16(10-18,12-6-7-12)20-14-5-3-4-11-8-13(17)9-19-15(11)14/h3-5,8-9,12,20H,2,6-7,10,18H2,1H3. The highest BCUT2D eigenvalue weighted by molar-refractivity contribution is 9.10. The molecule has 1 aliphatic carbocycles. The number of anilines is 1. The molecule has 1 heterocycles. The van der Waals surface area contributed by atoms with Gasteiger partial charge in [0.25, 0.3) is 0 Å². The third-order valence-electron chi connectivity index (χ3n) is 4.42. The van der Waals surface area contributed by atoms with E-state index in [9.17, 15) is 0 Å². The van der Waals surface area contributed by atoms with Crippen molar-refractivity contribution >= 4 is 32.5 Å². The van der Waals surface area contributed by atoms with Crippen LogP contribution in [-0.4, -0.2) is 17.1 Å².